The van der Waals surface area contributed by atoms with E-state index in [4.69, 9.17) is 9.97 Å². The molecule has 3 heterocycles. The Morgan fingerprint density at radius 1 is 0.317 bits per heavy atom. The molecule has 0 unspecified atom stereocenters. The SMILES string of the molecule is c1ccc(-c2cccc(-c3nc(-c4ccccc4)cc(-c4cc(-n5c6ccccc6c6c5ccc5c7ccccc7n(-c7ccccc7)c56)c5ccccc5c4)n3)c2)cc1. The Labute approximate surface area is 346 Å². The molecule has 0 aliphatic rings. The van der Waals surface area contributed by atoms with Gasteiger partial charge in [-0.15, -0.1) is 0 Å². The van der Waals surface area contributed by atoms with Crippen LogP contribution >= 0.6 is 0 Å². The monoisotopic (exact) mass is 764 g/mol. The molecule has 60 heavy (non-hydrogen) atoms. The number of rotatable bonds is 6. The van der Waals surface area contributed by atoms with Crippen molar-refractivity contribution in [1.82, 2.24) is 19.1 Å². The molecule has 0 bridgehead atoms. The molecule has 0 N–H and O–H groups in total. The van der Waals surface area contributed by atoms with Crippen LogP contribution in [0.5, 0.6) is 0 Å². The summed E-state index contributed by atoms with van der Waals surface area (Å²) < 4.78 is 4.91. The molecular formula is C56H36N4. The Morgan fingerprint density at radius 3 is 1.67 bits per heavy atom. The summed E-state index contributed by atoms with van der Waals surface area (Å²) in [5, 5.41) is 7.23. The maximum Gasteiger partial charge on any atom is 0.160 e. The third kappa shape index (κ3) is 5.46. The summed E-state index contributed by atoms with van der Waals surface area (Å²) in [7, 11) is 0. The second kappa shape index (κ2) is 13.8. The van der Waals surface area contributed by atoms with Gasteiger partial charge in [-0.2, -0.15) is 0 Å². The Bertz CT molecular complexity index is 3580. The third-order valence-corrected chi connectivity index (χ3v) is 11.9. The molecular weight excluding hydrogens is 729 g/mol. The second-order valence-electron chi connectivity index (χ2n) is 15.4. The number of para-hydroxylation sites is 3. The van der Waals surface area contributed by atoms with Gasteiger partial charge in [0.15, 0.2) is 5.82 Å². The predicted molar refractivity (Wildman–Crippen MR) is 250 cm³/mol. The van der Waals surface area contributed by atoms with Crippen molar-refractivity contribution in [2.24, 2.45) is 0 Å². The first-order chi connectivity index (χ1) is 29.8. The minimum atomic E-state index is 0.687. The van der Waals surface area contributed by atoms with Crippen molar-refractivity contribution in [2.45, 2.75) is 0 Å². The van der Waals surface area contributed by atoms with Gasteiger partial charge in [0.1, 0.15) is 0 Å². The van der Waals surface area contributed by atoms with E-state index in [2.05, 4.69) is 215 Å². The maximum atomic E-state index is 5.37. The molecule has 4 nitrogen and oxygen atoms in total. The average Bonchev–Trinajstić information content (AvgIpc) is 3.85. The zero-order chi connectivity index (χ0) is 39.6. The van der Waals surface area contributed by atoms with Crippen molar-refractivity contribution in [1.29, 1.82) is 0 Å². The standard InChI is InChI=1S/C56H36N4/c1-4-17-37(18-5-1)39-22-16-23-41(33-39)56-57-48(38-19-6-2-7-20-38)36-49(58-56)42-34-40-21-10-11-26-44(40)53(35-42)60-51-30-15-13-28-47(51)54-52(60)32-31-46-45-27-12-14-29-50(45)59(55(46)54)43-24-8-3-9-25-43/h1-36H. The number of fused-ring (bicyclic) bond motifs is 8. The van der Waals surface area contributed by atoms with Crippen LogP contribution in [0.25, 0.3) is 111 Å². The van der Waals surface area contributed by atoms with E-state index in [0.29, 0.717) is 5.82 Å². The molecule has 0 aliphatic carbocycles. The van der Waals surface area contributed by atoms with Crippen LogP contribution in [0, 0.1) is 0 Å². The van der Waals surface area contributed by atoms with Gasteiger partial charge in [-0.25, -0.2) is 9.97 Å². The quantitative estimate of drug-likeness (QED) is 0.169. The van der Waals surface area contributed by atoms with Crippen LogP contribution in [0.4, 0.5) is 0 Å². The lowest BCUT2D eigenvalue weighted by Crippen LogP contribution is -1.99. The van der Waals surface area contributed by atoms with Crippen LogP contribution in [-0.4, -0.2) is 19.1 Å². The lowest BCUT2D eigenvalue weighted by atomic mass is 10.00. The van der Waals surface area contributed by atoms with E-state index < -0.39 is 0 Å². The van der Waals surface area contributed by atoms with Crippen molar-refractivity contribution >= 4 is 54.4 Å². The fraction of sp³-hybridized carbons (Fsp3) is 0. The zero-order valence-corrected chi connectivity index (χ0v) is 32.6. The smallest absolute Gasteiger partial charge is 0.160 e. The lowest BCUT2D eigenvalue weighted by molar-refractivity contribution is 1.17. The van der Waals surface area contributed by atoms with E-state index in [1.165, 1.54) is 38.0 Å². The van der Waals surface area contributed by atoms with Gasteiger partial charge in [0, 0.05) is 49.3 Å². The van der Waals surface area contributed by atoms with Crippen LogP contribution in [0.2, 0.25) is 0 Å². The van der Waals surface area contributed by atoms with Gasteiger partial charge in [0.25, 0.3) is 0 Å². The predicted octanol–water partition coefficient (Wildman–Crippen LogP) is 14.5. The molecule has 280 valence electrons. The molecule has 4 heteroatoms. The number of nitrogens with zero attached hydrogens (tertiary/aromatic N) is 4. The first-order valence-corrected chi connectivity index (χ1v) is 20.4. The Hall–Kier alpha value is -8.08. The van der Waals surface area contributed by atoms with Crippen LogP contribution in [0.1, 0.15) is 0 Å². The second-order valence-corrected chi connectivity index (χ2v) is 15.4. The van der Waals surface area contributed by atoms with Crippen molar-refractivity contribution in [3.05, 3.63) is 218 Å². The van der Waals surface area contributed by atoms with Gasteiger partial charge in [-0.3, -0.25) is 0 Å². The molecule has 0 fully saturated rings. The number of hydrogen-bond acceptors (Lipinski definition) is 2. The van der Waals surface area contributed by atoms with Crippen molar-refractivity contribution in [3.8, 4) is 56.4 Å². The molecule has 0 aliphatic heterocycles. The van der Waals surface area contributed by atoms with E-state index in [1.54, 1.807) is 0 Å². The normalized spacial score (nSPS) is 11.7. The Morgan fingerprint density at radius 2 is 0.900 bits per heavy atom. The van der Waals surface area contributed by atoms with Crippen molar-refractivity contribution < 1.29 is 0 Å². The van der Waals surface area contributed by atoms with E-state index in [1.807, 2.05) is 12.1 Å². The number of benzene rings is 9. The molecule has 12 rings (SSSR count). The molecule has 0 atom stereocenters. The molecule has 12 aromatic rings. The van der Waals surface area contributed by atoms with Gasteiger partial charge in [-0.1, -0.05) is 164 Å². The van der Waals surface area contributed by atoms with Gasteiger partial charge in [0.05, 0.1) is 39.1 Å². The van der Waals surface area contributed by atoms with E-state index in [9.17, 15) is 0 Å². The van der Waals surface area contributed by atoms with Crippen molar-refractivity contribution in [2.75, 3.05) is 0 Å². The summed E-state index contributed by atoms with van der Waals surface area (Å²) in [6, 6.07) is 77.9. The summed E-state index contributed by atoms with van der Waals surface area (Å²) in [4.78, 5) is 10.6. The van der Waals surface area contributed by atoms with Crippen LogP contribution in [-0.2, 0) is 0 Å². The van der Waals surface area contributed by atoms with Gasteiger partial charge in [-0.05, 0) is 71.1 Å². The van der Waals surface area contributed by atoms with Gasteiger partial charge < -0.3 is 9.13 Å². The highest BCUT2D eigenvalue weighted by Gasteiger charge is 2.22. The maximum absolute atomic E-state index is 5.37. The summed E-state index contributed by atoms with van der Waals surface area (Å²) in [6.07, 6.45) is 0. The highest BCUT2D eigenvalue weighted by atomic mass is 15.0. The van der Waals surface area contributed by atoms with E-state index >= 15 is 0 Å². The first-order valence-electron chi connectivity index (χ1n) is 20.4. The molecule has 0 radical (unpaired) electrons. The Kier molecular flexibility index (Phi) is 7.82. The molecule has 0 saturated carbocycles. The van der Waals surface area contributed by atoms with Gasteiger partial charge >= 0.3 is 0 Å². The van der Waals surface area contributed by atoms with Crippen LogP contribution in [0.3, 0.4) is 0 Å². The zero-order valence-electron chi connectivity index (χ0n) is 32.6. The Balaban J connectivity index is 1.14. The van der Waals surface area contributed by atoms with Crippen LogP contribution in [0.15, 0.2) is 218 Å². The summed E-state index contributed by atoms with van der Waals surface area (Å²) in [6.45, 7) is 0. The fourth-order valence-electron chi connectivity index (χ4n) is 9.19. The van der Waals surface area contributed by atoms with Crippen molar-refractivity contribution in [3.63, 3.8) is 0 Å². The minimum absolute atomic E-state index is 0.687. The average molecular weight is 765 g/mol. The first kappa shape index (κ1) is 34.0. The number of hydrogen-bond donors (Lipinski definition) is 0. The van der Waals surface area contributed by atoms with E-state index in [0.717, 1.165) is 67.0 Å². The summed E-state index contributed by atoms with van der Waals surface area (Å²) in [5.74, 6) is 0.687. The molecule has 0 saturated heterocycles. The molecule has 0 amide bonds. The topological polar surface area (TPSA) is 35.6 Å². The molecule has 9 aromatic carbocycles. The summed E-state index contributed by atoms with van der Waals surface area (Å²) in [5.41, 5.74) is 14.0. The molecule has 3 aromatic heterocycles. The summed E-state index contributed by atoms with van der Waals surface area (Å²) >= 11 is 0. The number of aromatic nitrogens is 4. The highest BCUT2D eigenvalue weighted by molar-refractivity contribution is 6.26. The minimum Gasteiger partial charge on any atom is -0.309 e. The third-order valence-electron chi connectivity index (χ3n) is 11.9. The van der Waals surface area contributed by atoms with E-state index in [-0.39, 0.29) is 0 Å². The lowest BCUT2D eigenvalue weighted by Gasteiger charge is -2.15. The largest absolute Gasteiger partial charge is 0.309 e. The van der Waals surface area contributed by atoms with Crippen LogP contribution < -0.4 is 0 Å². The fourth-order valence-corrected chi connectivity index (χ4v) is 9.19. The highest BCUT2D eigenvalue weighted by Crippen LogP contribution is 2.43. The van der Waals surface area contributed by atoms with Gasteiger partial charge in [0.2, 0.25) is 0 Å². The molecule has 0 spiro atoms.